The highest BCUT2D eigenvalue weighted by Crippen LogP contribution is 2.10. The van der Waals surface area contributed by atoms with Gasteiger partial charge in [-0.2, -0.15) is 0 Å². The van der Waals surface area contributed by atoms with E-state index in [-0.39, 0.29) is 0 Å². The van der Waals surface area contributed by atoms with Crippen LogP contribution in [0.3, 0.4) is 0 Å². The van der Waals surface area contributed by atoms with Crippen molar-refractivity contribution in [2.24, 2.45) is 0 Å². The summed E-state index contributed by atoms with van der Waals surface area (Å²) >= 11 is 0. The molecule has 0 aromatic rings. The molecule has 0 aromatic heterocycles. The Hall–Kier alpha value is -0.0400. The minimum absolute atomic E-state index is 0.326. The fourth-order valence-electron chi connectivity index (χ4n) is 1.04. The molecule has 66 valence electrons. The van der Waals surface area contributed by atoms with Crippen LogP contribution in [0.1, 0.15) is 39.5 Å². The van der Waals surface area contributed by atoms with Gasteiger partial charge in [-0.15, -0.1) is 0 Å². The molecule has 0 heterocycles. The van der Waals surface area contributed by atoms with Crippen molar-refractivity contribution in [1.82, 2.24) is 0 Å². The van der Waals surface area contributed by atoms with Gasteiger partial charge in [0.05, 0.1) is 12.2 Å². The van der Waals surface area contributed by atoms with Gasteiger partial charge >= 0.3 is 0 Å². The molecule has 0 N–H and O–H groups in total. The Balaban J connectivity index is 3.41. The second kappa shape index (κ2) is 6.66. The monoisotopic (exact) mass is 156 g/mol. The topological polar surface area (TPSA) is 9.23 Å². The molecule has 0 aliphatic rings. The van der Waals surface area contributed by atoms with E-state index in [9.17, 15) is 0 Å². The van der Waals surface area contributed by atoms with Crippen molar-refractivity contribution in [3.63, 3.8) is 0 Å². The average Bonchev–Trinajstić information content (AvgIpc) is 1.97. The van der Waals surface area contributed by atoms with Crippen molar-refractivity contribution in [2.75, 3.05) is 0 Å². The van der Waals surface area contributed by atoms with Crippen molar-refractivity contribution < 1.29 is 4.74 Å². The number of unbranched alkanes of at least 4 members (excludes halogenated alkanes) is 1. The van der Waals surface area contributed by atoms with Crippen LogP contribution in [-0.4, -0.2) is 12.2 Å². The van der Waals surface area contributed by atoms with E-state index in [1.165, 1.54) is 0 Å². The molecular weight excluding hydrogens is 136 g/mol. The zero-order valence-electron chi connectivity index (χ0n) is 7.81. The quantitative estimate of drug-likeness (QED) is 0.574. The van der Waals surface area contributed by atoms with Crippen molar-refractivity contribution in [1.29, 1.82) is 0 Å². The second-order valence-electron chi connectivity index (χ2n) is 3.09. The van der Waals surface area contributed by atoms with Gasteiger partial charge in [0, 0.05) is 0 Å². The van der Waals surface area contributed by atoms with Crippen molar-refractivity contribution in [3.8, 4) is 0 Å². The molecule has 11 heavy (non-hydrogen) atoms. The molecule has 0 saturated carbocycles. The first kappa shape index (κ1) is 11.0. The summed E-state index contributed by atoms with van der Waals surface area (Å²) in [5, 5.41) is 0. The van der Waals surface area contributed by atoms with Gasteiger partial charge in [-0.1, -0.05) is 26.7 Å². The van der Waals surface area contributed by atoms with Gasteiger partial charge in [0.25, 0.3) is 0 Å². The van der Waals surface area contributed by atoms with Gasteiger partial charge in [-0.25, -0.2) is 0 Å². The van der Waals surface area contributed by atoms with Crippen LogP contribution in [0.4, 0.5) is 0 Å². The summed E-state index contributed by atoms with van der Waals surface area (Å²) < 4.78 is 5.61. The molecule has 0 bridgehead atoms. The molecule has 2 radical (unpaired) electrons. The van der Waals surface area contributed by atoms with E-state index >= 15 is 0 Å². The van der Waals surface area contributed by atoms with Crippen molar-refractivity contribution >= 4 is 0 Å². The second-order valence-corrected chi connectivity index (χ2v) is 3.09. The van der Waals surface area contributed by atoms with Gasteiger partial charge in [0.15, 0.2) is 0 Å². The molecule has 1 heteroatoms. The van der Waals surface area contributed by atoms with E-state index in [2.05, 4.69) is 27.7 Å². The molecule has 1 atom stereocenters. The third kappa shape index (κ3) is 6.36. The first-order valence-electron chi connectivity index (χ1n) is 4.44. The SMILES string of the molecule is [CH2]CCCC(C[CH2])OC(C)C. The molecule has 0 aliphatic carbocycles. The largest absolute Gasteiger partial charge is 0.376 e. The Morgan fingerprint density at radius 2 is 1.91 bits per heavy atom. The van der Waals surface area contributed by atoms with E-state index in [0.717, 1.165) is 25.7 Å². The van der Waals surface area contributed by atoms with E-state index in [1.807, 2.05) is 0 Å². The van der Waals surface area contributed by atoms with Crippen LogP contribution >= 0.6 is 0 Å². The van der Waals surface area contributed by atoms with Crippen LogP contribution in [0.15, 0.2) is 0 Å². The minimum Gasteiger partial charge on any atom is -0.376 e. The first-order valence-corrected chi connectivity index (χ1v) is 4.44. The summed E-state index contributed by atoms with van der Waals surface area (Å²) in [5.74, 6) is 0. The van der Waals surface area contributed by atoms with Crippen LogP contribution < -0.4 is 0 Å². The Kier molecular flexibility index (Phi) is 6.63. The van der Waals surface area contributed by atoms with Gasteiger partial charge in [0.1, 0.15) is 0 Å². The minimum atomic E-state index is 0.326. The molecular formula is C10H20O. The Labute approximate surface area is 71.1 Å². The number of rotatable bonds is 6. The fraction of sp³-hybridized carbons (Fsp3) is 0.800. The Morgan fingerprint density at radius 3 is 2.27 bits per heavy atom. The van der Waals surface area contributed by atoms with E-state index in [4.69, 9.17) is 4.74 Å². The summed E-state index contributed by atoms with van der Waals surface area (Å²) in [6.45, 7) is 11.8. The molecule has 0 fully saturated rings. The molecule has 0 rings (SSSR count). The third-order valence-electron chi connectivity index (χ3n) is 1.56. The smallest absolute Gasteiger partial charge is 0.0578 e. The molecule has 0 aliphatic heterocycles. The van der Waals surface area contributed by atoms with Gasteiger partial charge in [0.2, 0.25) is 0 Å². The maximum absolute atomic E-state index is 5.61. The van der Waals surface area contributed by atoms with Gasteiger partial charge in [-0.05, 0) is 26.7 Å². The summed E-state index contributed by atoms with van der Waals surface area (Å²) in [5.41, 5.74) is 0. The maximum Gasteiger partial charge on any atom is 0.0578 e. The predicted octanol–water partition coefficient (Wildman–Crippen LogP) is 3.01. The molecule has 0 amide bonds. The zero-order valence-corrected chi connectivity index (χ0v) is 7.81. The van der Waals surface area contributed by atoms with Crippen LogP contribution in [0.25, 0.3) is 0 Å². The van der Waals surface area contributed by atoms with E-state index in [1.54, 1.807) is 0 Å². The van der Waals surface area contributed by atoms with Crippen LogP contribution in [0.5, 0.6) is 0 Å². The summed E-state index contributed by atoms with van der Waals surface area (Å²) in [4.78, 5) is 0. The molecule has 1 nitrogen and oxygen atoms in total. The molecule has 0 saturated heterocycles. The lowest BCUT2D eigenvalue weighted by Gasteiger charge is -2.18. The van der Waals surface area contributed by atoms with Crippen LogP contribution in [0, 0.1) is 13.8 Å². The number of hydrogen-bond donors (Lipinski definition) is 0. The normalized spacial score (nSPS) is 13.9. The van der Waals surface area contributed by atoms with Crippen LogP contribution in [-0.2, 0) is 4.74 Å². The standard InChI is InChI=1S/C10H20O/c1-5-7-8-10(6-2)11-9(3)4/h9-10H,1-2,5-8H2,3-4H3. The first-order chi connectivity index (χ1) is 5.20. The summed E-state index contributed by atoms with van der Waals surface area (Å²) in [6, 6.07) is 0. The van der Waals surface area contributed by atoms with E-state index in [0.29, 0.717) is 12.2 Å². The highest BCUT2D eigenvalue weighted by atomic mass is 16.5. The van der Waals surface area contributed by atoms with E-state index < -0.39 is 0 Å². The maximum atomic E-state index is 5.61. The summed E-state index contributed by atoms with van der Waals surface area (Å²) in [7, 11) is 0. The molecule has 0 aromatic carbocycles. The lowest BCUT2D eigenvalue weighted by molar-refractivity contribution is 0.00392. The molecule has 0 spiro atoms. The lowest BCUT2D eigenvalue weighted by atomic mass is 10.1. The third-order valence-corrected chi connectivity index (χ3v) is 1.56. The van der Waals surface area contributed by atoms with Crippen molar-refractivity contribution in [2.45, 2.75) is 51.7 Å². The van der Waals surface area contributed by atoms with Gasteiger partial charge < -0.3 is 4.74 Å². The highest BCUT2D eigenvalue weighted by Gasteiger charge is 2.06. The Bertz CT molecular complexity index is 78.9. The van der Waals surface area contributed by atoms with Gasteiger partial charge in [-0.3, -0.25) is 0 Å². The van der Waals surface area contributed by atoms with Crippen molar-refractivity contribution in [3.05, 3.63) is 13.8 Å². The highest BCUT2D eigenvalue weighted by molar-refractivity contribution is 4.61. The summed E-state index contributed by atoms with van der Waals surface area (Å²) in [6.07, 6.45) is 4.79. The number of ether oxygens (including phenoxy) is 1. The predicted molar refractivity (Wildman–Crippen MR) is 49.2 cm³/mol. The number of hydrogen-bond acceptors (Lipinski definition) is 1. The molecule has 1 unspecified atom stereocenters. The van der Waals surface area contributed by atoms with Crippen LogP contribution in [0.2, 0.25) is 0 Å². The average molecular weight is 156 g/mol. The lowest BCUT2D eigenvalue weighted by Crippen LogP contribution is -2.16. The zero-order chi connectivity index (χ0) is 8.69. The fourth-order valence-corrected chi connectivity index (χ4v) is 1.04. The Morgan fingerprint density at radius 1 is 1.27 bits per heavy atom.